The Labute approximate surface area is 127 Å². The zero-order valence-corrected chi connectivity index (χ0v) is 12.7. The first-order valence-corrected chi connectivity index (χ1v) is 6.55. The van der Waals surface area contributed by atoms with Crippen LogP contribution in [0.25, 0.3) is 0 Å². The van der Waals surface area contributed by atoms with Crippen LogP contribution in [0.2, 0.25) is 0 Å². The molecule has 17 heavy (non-hydrogen) atoms. The van der Waals surface area contributed by atoms with Crippen molar-refractivity contribution in [3.63, 3.8) is 0 Å². The van der Waals surface area contributed by atoms with Crippen LogP contribution >= 0.6 is 69.6 Å². The summed E-state index contributed by atoms with van der Waals surface area (Å²) in [6, 6.07) is 0. The fourth-order valence-corrected chi connectivity index (χ4v) is 4.37. The quantitative estimate of drug-likeness (QED) is 0.525. The van der Waals surface area contributed by atoms with Gasteiger partial charge in [0.2, 0.25) is 0 Å². The third-order valence-electron chi connectivity index (χ3n) is 2.82. The number of rotatable bonds is 1. The maximum atomic E-state index is 11.6. The molecular weight excluding hydrogens is 353 g/mol. The number of fused-ring (bicyclic) bond motifs is 2. The lowest BCUT2D eigenvalue weighted by Gasteiger charge is -2.32. The molecule has 8 heteroatoms. The molecule has 0 aromatic rings. The molecule has 2 aliphatic rings. The Morgan fingerprint density at radius 2 is 1.71 bits per heavy atom. The fraction of sp³-hybridized carbons (Fsp3) is 0.444. The summed E-state index contributed by atoms with van der Waals surface area (Å²) in [6.07, 6.45) is 1.28. The van der Waals surface area contributed by atoms with Gasteiger partial charge in [0.1, 0.15) is 9.75 Å². The molecule has 0 amide bonds. The summed E-state index contributed by atoms with van der Waals surface area (Å²) >= 11 is 36.7. The molecule has 2 atom stereocenters. The average Bonchev–Trinajstić information content (AvgIpc) is 2.49. The molecule has 0 heterocycles. The molecule has 2 bridgehead atoms. The average molecular weight is 357 g/mol. The molecule has 0 saturated heterocycles. The Bertz CT molecular complexity index is 482. The van der Waals surface area contributed by atoms with Gasteiger partial charge in [-0.2, -0.15) is 0 Å². The summed E-state index contributed by atoms with van der Waals surface area (Å²) in [5.41, 5.74) is -0.0175. The lowest BCUT2D eigenvalue weighted by atomic mass is 10.0. The minimum absolute atomic E-state index is 0.00786. The van der Waals surface area contributed by atoms with E-state index in [0.717, 1.165) is 0 Å². The predicted molar refractivity (Wildman–Crippen MR) is 70.4 cm³/mol. The van der Waals surface area contributed by atoms with E-state index in [1.807, 2.05) is 0 Å². The third kappa shape index (κ3) is 1.35. The van der Waals surface area contributed by atoms with Crippen LogP contribution in [0, 0.1) is 0 Å². The van der Waals surface area contributed by atoms with E-state index in [4.69, 9.17) is 69.6 Å². The topological polar surface area (TPSA) is 26.3 Å². The molecule has 0 unspecified atom stereocenters. The van der Waals surface area contributed by atoms with Crippen molar-refractivity contribution in [1.82, 2.24) is 0 Å². The van der Waals surface area contributed by atoms with Gasteiger partial charge in [0.05, 0.1) is 22.7 Å². The number of alkyl halides is 4. The number of carbonyl (C=O) groups is 1. The molecule has 2 rings (SSSR count). The second-order valence-corrected chi connectivity index (χ2v) is 6.87. The predicted octanol–water partition coefficient (Wildman–Crippen LogP) is 3.93. The van der Waals surface area contributed by atoms with E-state index in [-0.39, 0.29) is 15.6 Å². The van der Waals surface area contributed by atoms with Crippen molar-refractivity contribution in [2.75, 3.05) is 7.11 Å². The van der Waals surface area contributed by atoms with Crippen molar-refractivity contribution < 1.29 is 9.53 Å². The minimum atomic E-state index is -1.76. The van der Waals surface area contributed by atoms with Gasteiger partial charge < -0.3 is 4.74 Å². The summed E-state index contributed by atoms with van der Waals surface area (Å²) < 4.78 is 2.82. The number of hydrogen-bond donors (Lipinski definition) is 0. The van der Waals surface area contributed by atoms with E-state index in [9.17, 15) is 4.79 Å². The van der Waals surface area contributed by atoms with Gasteiger partial charge >= 0.3 is 5.97 Å². The Morgan fingerprint density at radius 3 is 2.06 bits per heavy atom. The van der Waals surface area contributed by atoms with Crippen LogP contribution in [0.15, 0.2) is 21.7 Å². The first-order valence-electron chi connectivity index (χ1n) is 4.28. The van der Waals surface area contributed by atoms with Crippen LogP contribution in [0.3, 0.4) is 0 Å². The fourth-order valence-electron chi connectivity index (χ4n) is 1.89. The van der Waals surface area contributed by atoms with Gasteiger partial charge in [-0.05, 0) is 6.08 Å². The van der Waals surface area contributed by atoms with Crippen LogP contribution in [0.1, 0.15) is 0 Å². The first-order chi connectivity index (χ1) is 7.64. The summed E-state index contributed by atoms with van der Waals surface area (Å²) in [5, 5.41) is -0.0581. The Balaban J connectivity index is 2.69. The third-order valence-corrected chi connectivity index (χ3v) is 6.88. The number of methoxy groups -OCH3 is 1. The van der Waals surface area contributed by atoms with E-state index in [1.54, 1.807) is 0 Å². The summed E-state index contributed by atoms with van der Waals surface area (Å²) in [7, 11) is 1.19. The maximum Gasteiger partial charge on any atom is 0.335 e. The number of carbonyl (C=O) groups excluding carboxylic acids is 1. The van der Waals surface area contributed by atoms with Crippen molar-refractivity contribution in [2.24, 2.45) is 0 Å². The summed E-state index contributed by atoms with van der Waals surface area (Å²) in [4.78, 5) is 8.40. The number of hydrogen-bond acceptors (Lipinski definition) is 2. The molecule has 0 aromatic carbocycles. The second-order valence-electron chi connectivity index (χ2n) is 3.62. The number of halogens is 6. The highest BCUT2D eigenvalue weighted by atomic mass is 35.5. The molecule has 0 saturated carbocycles. The van der Waals surface area contributed by atoms with Crippen LogP contribution in [0.4, 0.5) is 0 Å². The second kappa shape index (κ2) is 3.84. The van der Waals surface area contributed by atoms with Gasteiger partial charge in [0, 0.05) is 0 Å². The van der Waals surface area contributed by atoms with Crippen molar-refractivity contribution >= 4 is 75.6 Å². The Morgan fingerprint density at radius 1 is 1.18 bits per heavy atom. The van der Waals surface area contributed by atoms with Gasteiger partial charge in [-0.1, -0.05) is 46.4 Å². The Kier molecular flexibility index (Phi) is 3.19. The van der Waals surface area contributed by atoms with E-state index in [0.29, 0.717) is 0 Å². The Hall–Kier alpha value is 0.690. The van der Waals surface area contributed by atoms with Gasteiger partial charge in [-0.3, -0.25) is 0 Å². The molecule has 0 spiro atoms. The highest BCUT2D eigenvalue weighted by Gasteiger charge is 2.76. The van der Waals surface area contributed by atoms with E-state index in [1.165, 1.54) is 13.2 Å². The highest BCUT2D eigenvalue weighted by molar-refractivity contribution is 6.67. The highest BCUT2D eigenvalue weighted by Crippen LogP contribution is 2.71. The van der Waals surface area contributed by atoms with Crippen molar-refractivity contribution in [1.29, 1.82) is 0 Å². The molecule has 94 valence electrons. The van der Waals surface area contributed by atoms with E-state index in [2.05, 4.69) is 4.74 Å². The molecule has 0 radical (unpaired) electrons. The minimum Gasteiger partial charge on any atom is -0.466 e. The van der Waals surface area contributed by atoms with Gasteiger partial charge in [-0.15, -0.1) is 23.2 Å². The number of esters is 1. The number of allylic oxidation sites excluding steroid dienone is 3. The van der Waals surface area contributed by atoms with Crippen LogP contribution < -0.4 is 0 Å². The lowest BCUT2D eigenvalue weighted by Crippen LogP contribution is -2.45. The SMILES string of the molecule is COC(=O)C1=C[C@@]2(Cl)C(Cl)=C(Cl)[C@@]1(Cl)C2(Cl)Cl. The zero-order valence-electron chi connectivity index (χ0n) is 8.16. The summed E-state index contributed by atoms with van der Waals surface area (Å²) in [5.74, 6) is -0.712. The van der Waals surface area contributed by atoms with Crippen molar-refractivity contribution in [3.8, 4) is 0 Å². The lowest BCUT2D eigenvalue weighted by molar-refractivity contribution is -0.136. The molecule has 0 N–H and O–H groups in total. The molecule has 2 nitrogen and oxygen atoms in total. The molecule has 0 aromatic heterocycles. The van der Waals surface area contributed by atoms with E-state index >= 15 is 0 Å². The van der Waals surface area contributed by atoms with Crippen LogP contribution in [-0.2, 0) is 9.53 Å². The van der Waals surface area contributed by atoms with E-state index < -0.39 is 20.1 Å². The monoisotopic (exact) mass is 354 g/mol. The standard InChI is InChI=1S/C9H4Cl6O2/c1-17-6(16)3-2-7(12)4(10)5(11)8(3,13)9(7,14)15/h2H,1H3/t7-,8-/m1/s1. The zero-order chi connectivity index (χ0) is 13.2. The molecule has 0 fully saturated rings. The molecule has 0 aliphatic heterocycles. The van der Waals surface area contributed by atoms with Gasteiger partial charge in [-0.25, -0.2) is 4.79 Å². The van der Waals surface area contributed by atoms with Crippen LogP contribution in [-0.4, -0.2) is 27.2 Å². The number of ether oxygens (including phenoxy) is 1. The maximum absolute atomic E-state index is 11.6. The van der Waals surface area contributed by atoms with Gasteiger partial charge in [0.15, 0.2) is 4.33 Å². The van der Waals surface area contributed by atoms with Gasteiger partial charge in [0.25, 0.3) is 0 Å². The van der Waals surface area contributed by atoms with Crippen LogP contribution in [0.5, 0.6) is 0 Å². The smallest absolute Gasteiger partial charge is 0.335 e. The molecular formula is C9H4Cl6O2. The first kappa shape index (κ1) is 14.1. The van der Waals surface area contributed by atoms with Crippen molar-refractivity contribution in [2.45, 2.75) is 14.1 Å². The summed E-state index contributed by atoms with van der Waals surface area (Å²) in [6.45, 7) is 0. The molecule has 2 aliphatic carbocycles. The normalized spacial score (nSPS) is 38.4. The largest absolute Gasteiger partial charge is 0.466 e. The van der Waals surface area contributed by atoms with Crippen molar-refractivity contribution in [3.05, 3.63) is 21.7 Å².